The molecule has 0 unspecified atom stereocenters. The number of hydrogen-bond donors (Lipinski definition) is 4. The number of benzene rings is 5. The summed E-state index contributed by atoms with van der Waals surface area (Å²) in [6.45, 7) is 2.69. The van der Waals surface area contributed by atoms with Crippen LogP contribution in [0.15, 0.2) is 133 Å². The van der Waals surface area contributed by atoms with Gasteiger partial charge < -0.3 is 19.9 Å². The molecule has 55 heavy (non-hydrogen) atoms. The fraction of sp³-hybridized carbons (Fsp3) is 0.304. The van der Waals surface area contributed by atoms with Crippen molar-refractivity contribution in [1.29, 1.82) is 0 Å². The Morgan fingerprint density at radius 3 is 1.89 bits per heavy atom. The Morgan fingerprint density at radius 1 is 0.655 bits per heavy atom. The molecule has 5 aromatic rings. The molecule has 0 spiro atoms. The first kappa shape index (κ1) is 39.5. The zero-order chi connectivity index (χ0) is 38.2. The van der Waals surface area contributed by atoms with Gasteiger partial charge in [-0.25, -0.2) is 5.48 Å². The van der Waals surface area contributed by atoms with Crippen LogP contribution in [0.1, 0.15) is 84.3 Å². The van der Waals surface area contributed by atoms with Gasteiger partial charge in [-0.2, -0.15) is 0 Å². The highest BCUT2D eigenvalue weighted by Gasteiger charge is 2.33. The van der Waals surface area contributed by atoms with Gasteiger partial charge in [-0.1, -0.05) is 140 Å². The number of hydroxylamine groups is 1. The molecule has 1 aliphatic heterocycles. The van der Waals surface area contributed by atoms with Crippen LogP contribution in [0.3, 0.4) is 0 Å². The first-order chi connectivity index (χ1) is 27.0. The molecule has 0 aromatic heterocycles. The van der Waals surface area contributed by atoms with E-state index in [-0.39, 0.29) is 31.1 Å². The second kappa shape index (κ2) is 20.5. The molecular formula is C46H51N3O6. The standard InChI is InChI=1S/C46H51N3O6/c50-33-36-20-22-38(23-21-36)43-28-41(32-49(30-34-12-4-1-5-13-34)31-35-14-6-2-7-15-35)54-46(55-43)39-26-24-37(25-27-39)42-17-11-10-16-40(42)29-47-44(51)18-8-3-9-19-45(52)48-53/h1-2,4-7,10-17,20-27,41,43,46,50,53H,3,8-9,18-19,28-33H2,(H,47,51)(H,48,52)/t41-,43+,46+/m0/s1. The number of carbonyl (C=O) groups is 2. The molecule has 0 radical (unpaired) electrons. The smallest absolute Gasteiger partial charge is 0.243 e. The molecule has 4 N–H and O–H groups in total. The summed E-state index contributed by atoms with van der Waals surface area (Å²) < 4.78 is 13.5. The Morgan fingerprint density at radius 2 is 1.25 bits per heavy atom. The fourth-order valence-electron chi connectivity index (χ4n) is 7.05. The van der Waals surface area contributed by atoms with Crippen LogP contribution in [0.4, 0.5) is 0 Å². The maximum absolute atomic E-state index is 12.6. The number of aliphatic hydroxyl groups is 1. The maximum Gasteiger partial charge on any atom is 0.243 e. The lowest BCUT2D eigenvalue weighted by Crippen LogP contribution is -2.39. The molecule has 9 heteroatoms. The number of amides is 2. The third kappa shape index (κ3) is 11.9. The van der Waals surface area contributed by atoms with E-state index in [0.29, 0.717) is 38.8 Å². The van der Waals surface area contributed by atoms with E-state index < -0.39 is 12.2 Å². The van der Waals surface area contributed by atoms with E-state index in [0.717, 1.165) is 52.9 Å². The van der Waals surface area contributed by atoms with Crippen molar-refractivity contribution < 1.29 is 29.4 Å². The summed E-state index contributed by atoms with van der Waals surface area (Å²) in [6.07, 6.45) is 2.44. The van der Waals surface area contributed by atoms with Gasteiger partial charge in [0.15, 0.2) is 6.29 Å². The zero-order valence-electron chi connectivity index (χ0n) is 31.2. The molecule has 1 heterocycles. The van der Waals surface area contributed by atoms with Crippen molar-refractivity contribution in [1.82, 2.24) is 15.7 Å². The predicted molar refractivity (Wildman–Crippen MR) is 212 cm³/mol. The Kier molecular flexibility index (Phi) is 14.7. The van der Waals surface area contributed by atoms with Crippen LogP contribution < -0.4 is 10.8 Å². The highest BCUT2D eigenvalue weighted by molar-refractivity contribution is 5.76. The summed E-state index contributed by atoms with van der Waals surface area (Å²) in [5, 5.41) is 21.3. The number of unbranched alkanes of at least 4 members (excludes halogenated alkanes) is 2. The van der Waals surface area contributed by atoms with Crippen LogP contribution in [0, 0.1) is 0 Å². The van der Waals surface area contributed by atoms with E-state index in [4.69, 9.17) is 14.7 Å². The minimum atomic E-state index is -0.585. The normalized spacial score (nSPS) is 16.8. The largest absolute Gasteiger partial charge is 0.392 e. The third-order valence-corrected chi connectivity index (χ3v) is 9.99. The number of nitrogens with one attached hydrogen (secondary N) is 2. The number of ether oxygens (including phenoxy) is 2. The first-order valence-electron chi connectivity index (χ1n) is 19.2. The van der Waals surface area contributed by atoms with Gasteiger partial charge in [-0.3, -0.25) is 19.7 Å². The quantitative estimate of drug-likeness (QED) is 0.0407. The molecule has 0 bridgehead atoms. The minimum Gasteiger partial charge on any atom is -0.392 e. The lowest BCUT2D eigenvalue weighted by atomic mass is 9.97. The Bertz CT molecular complexity index is 1880. The second-order valence-electron chi connectivity index (χ2n) is 14.1. The number of rotatable bonds is 18. The van der Waals surface area contributed by atoms with Crippen molar-refractivity contribution in [3.63, 3.8) is 0 Å². The van der Waals surface area contributed by atoms with E-state index in [2.05, 4.69) is 89.1 Å². The van der Waals surface area contributed by atoms with Crippen molar-refractivity contribution >= 4 is 11.8 Å². The predicted octanol–water partition coefficient (Wildman–Crippen LogP) is 8.17. The summed E-state index contributed by atoms with van der Waals surface area (Å²) in [7, 11) is 0. The zero-order valence-corrected chi connectivity index (χ0v) is 31.2. The molecular weight excluding hydrogens is 691 g/mol. The van der Waals surface area contributed by atoms with E-state index in [1.807, 2.05) is 54.6 Å². The molecule has 2 amide bonds. The van der Waals surface area contributed by atoms with Crippen LogP contribution in [-0.4, -0.2) is 39.7 Å². The van der Waals surface area contributed by atoms with Crippen LogP contribution in [0.2, 0.25) is 0 Å². The number of carbonyl (C=O) groups excluding carboxylic acids is 2. The van der Waals surface area contributed by atoms with Crippen LogP contribution in [0.25, 0.3) is 11.1 Å². The highest BCUT2D eigenvalue weighted by atomic mass is 16.7. The average Bonchev–Trinajstić information content (AvgIpc) is 3.23. The minimum absolute atomic E-state index is 0.00893. The van der Waals surface area contributed by atoms with Crippen molar-refractivity contribution in [2.24, 2.45) is 0 Å². The van der Waals surface area contributed by atoms with Crippen molar-refractivity contribution in [3.05, 3.63) is 167 Å². The SMILES string of the molecule is O=C(CCCCCC(=O)NCc1ccccc1-c1ccc([C@@H]2O[C@H](CN(Cc3ccccc3)Cc3ccccc3)C[C@H](c3ccc(CO)cc3)O2)cc1)NO. The molecule has 0 aliphatic carbocycles. The van der Waals surface area contributed by atoms with Gasteiger partial charge >= 0.3 is 0 Å². The summed E-state index contributed by atoms with van der Waals surface area (Å²) >= 11 is 0. The Hall–Kier alpha value is -5.16. The highest BCUT2D eigenvalue weighted by Crippen LogP contribution is 2.39. The summed E-state index contributed by atoms with van der Waals surface area (Å²) in [5.41, 5.74) is 10.0. The maximum atomic E-state index is 12.6. The van der Waals surface area contributed by atoms with E-state index >= 15 is 0 Å². The lowest BCUT2D eigenvalue weighted by Gasteiger charge is -2.38. The number of aliphatic hydroxyl groups excluding tert-OH is 1. The van der Waals surface area contributed by atoms with Crippen LogP contribution in [-0.2, 0) is 45.3 Å². The van der Waals surface area contributed by atoms with Crippen LogP contribution in [0.5, 0.6) is 0 Å². The van der Waals surface area contributed by atoms with Gasteiger partial charge in [0.05, 0.1) is 18.8 Å². The van der Waals surface area contributed by atoms with Crippen molar-refractivity contribution in [2.75, 3.05) is 6.54 Å². The van der Waals surface area contributed by atoms with Crippen molar-refractivity contribution in [3.8, 4) is 11.1 Å². The number of nitrogens with zero attached hydrogens (tertiary/aromatic N) is 1. The molecule has 3 atom stereocenters. The molecule has 0 saturated carbocycles. The van der Waals surface area contributed by atoms with Crippen LogP contribution >= 0.6 is 0 Å². The molecule has 1 saturated heterocycles. The third-order valence-electron chi connectivity index (χ3n) is 9.99. The summed E-state index contributed by atoms with van der Waals surface area (Å²) in [6, 6.07) is 45.4. The molecule has 6 rings (SSSR count). The van der Waals surface area contributed by atoms with E-state index in [9.17, 15) is 14.7 Å². The van der Waals surface area contributed by atoms with E-state index in [1.54, 1.807) is 5.48 Å². The summed E-state index contributed by atoms with van der Waals surface area (Å²) in [5.74, 6) is -0.448. The van der Waals surface area contributed by atoms with Gasteiger partial charge in [0.25, 0.3) is 0 Å². The molecule has 286 valence electrons. The van der Waals surface area contributed by atoms with Crippen molar-refractivity contribution in [2.45, 2.75) is 83.3 Å². The van der Waals surface area contributed by atoms with Gasteiger partial charge in [-0.15, -0.1) is 0 Å². The van der Waals surface area contributed by atoms with E-state index in [1.165, 1.54) is 11.1 Å². The fourth-order valence-corrected chi connectivity index (χ4v) is 7.05. The molecule has 5 aromatic carbocycles. The van der Waals surface area contributed by atoms with Gasteiger partial charge in [0.2, 0.25) is 11.8 Å². The number of hydrogen-bond acceptors (Lipinski definition) is 7. The Balaban J connectivity index is 1.16. The first-order valence-corrected chi connectivity index (χ1v) is 19.2. The molecule has 1 aliphatic rings. The van der Waals surface area contributed by atoms with Gasteiger partial charge in [-0.05, 0) is 51.8 Å². The molecule has 1 fully saturated rings. The van der Waals surface area contributed by atoms with Gasteiger partial charge in [0.1, 0.15) is 0 Å². The summed E-state index contributed by atoms with van der Waals surface area (Å²) in [4.78, 5) is 26.2. The second-order valence-corrected chi connectivity index (χ2v) is 14.1. The topological polar surface area (TPSA) is 120 Å². The monoisotopic (exact) mass is 741 g/mol. The Labute approximate surface area is 323 Å². The van der Waals surface area contributed by atoms with Gasteiger partial charge in [0, 0.05) is 51.0 Å². The lowest BCUT2D eigenvalue weighted by molar-refractivity contribution is -0.253. The average molecular weight is 742 g/mol. The molecule has 9 nitrogen and oxygen atoms in total.